The van der Waals surface area contributed by atoms with Crippen LogP contribution >= 0.6 is 11.6 Å². The molecule has 3 rings (SSSR count). The lowest BCUT2D eigenvalue weighted by Crippen LogP contribution is -2.37. The molecule has 0 spiro atoms. The molecule has 3 aromatic carbocycles. The molecule has 1 unspecified atom stereocenters. The Morgan fingerprint density at radius 3 is 2.37 bits per heavy atom. The lowest BCUT2D eigenvalue weighted by atomic mass is 10.1. The minimum atomic E-state index is -3.81. The molecule has 35 heavy (non-hydrogen) atoms. The summed E-state index contributed by atoms with van der Waals surface area (Å²) in [6.07, 6.45) is -0.0297. The second-order valence-corrected chi connectivity index (χ2v) is 11.0. The van der Waals surface area contributed by atoms with Gasteiger partial charge in [-0.05, 0) is 80.4 Å². The summed E-state index contributed by atoms with van der Waals surface area (Å²) in [5.74, 6) is -1.00. The molecule has 0 heterocycles. The summed E-state index contributed by atoms with van der Waals surface area (Å²) < 4.78 is 31.6. The summed E-state index contributed by atoms with van der Waals surface area (Å²) in [4.78, 5) is 11.4. The van der Waals surface area contributed by atoms with E-state index in [2.05, 4.69) is 5.32 Å². The van der Waals surface area contributed by atoms with Gasteiger partial charge in [0.15, 0.2) is 5.60 Å². The molecule has 3 aromatic rings. The minimum absolute atomic E-state index is 0.0145. The summed E-state index contributed by atoms with van der Waals surface area (Å²) in [7, 11) is -3.81. The first-order valence-electron chi connectivity index (χ1n) is 11.0. The van der Waals surface area contributed by atoms with Gasteiger partial charge in [-0.3, -0.25) is 0 Å². The molecule has 7 nitrogen and oxygen atoms in total. The van der Waals surface area contributed by atoms with Crippen molar-refractivity contribution in [3.05, 3.63) is 88.9 Å². The van der Waals surface area contributed by atoms with E-state index in [1.165, 1.54) is 38.1 Å². The summed E-state index contributed by atoms with van der Waals surface area (Å²) in [6, 6.07) is 19.4. The van der Waals surface area contributed by atoms with Gasteiger partial charge in [0.25, 0.3) is 0 Å². The summed E-state index contributed by atoms with van der Waals surface area (Å²) in [5, 5.41) is 23.3. The molecule has 0 radical (unpaired) electrons. The summed E-state index contributed by atoms with van der Waals surface area (Å²) in [5.41, 5.74) is 0.178. The van der Waals surface area contributed by atoms with E-state index in [1.807, 2.05) is 6.07 Å². The maximum absolute atomic E-state index is 13.1. The van der Waals surface area contributed by atoms with Crippen LogP contribution in [0.3, 0.4) is 0 Å². The van der Waals surface area contributed by atoms with Crippen molar-refractivity contribution in [1.29, 1.82) is 0 Å². The van der Waals surface area contributed by atoms with E-state index in [1.54, 1.807) is 42.5 Å². The second-order valence-electron chi connectivity index (χ2n) is 8.56. The number of aliphatic hydroxyl groups is 1. The van der Waals surface area contributed by atoms with Crippen molar-refractivity contribution in [2.75, 3.05) is 13.1 Å². The molecule has 1 atom stereocenters. The third kappa shape index (κ3) is 7.05. The van der Waals surface area contributed by atoms with Crippen LogP contribution in [0.4, 0.5) is 0 Å². The van der Waals surface area contributed by atoms with Crippen molar-refractivity contribution >= 4 is 27.4 Å². The highest BCUT2D eigenvalue weighted by atomic mass is 35.5. The monoisotopic (exact) mass is 517 g/mol. The number of halogens is 1. The Bertz CT molecular complexity index is 1280. The van der Waals surface area contributed by atoms with Crippen molar-refractivity contribution in [2.24, 2.45) is 0 Å². The largest absolute Gasteiger partial charge is 0.478 e. The number of sulfone groups is 1. The molecule has 9 heteroatoms. The van der Waals surface area contributed by atoms with Gasteiger partial charge in [-0.25, -0.2) is 13.2 Å². The fourth-order valence-corrected chi connectivity index (χ4v) is 4.81. The molecule has 0 amide bonds. The number of ether oxygens (including phenoxy) is 1. The number of hydrogen-bond acceptors (Lipinski definition) is 6. The number of carboxylic acid groups (broad SMARTS) is 1. The van der Waals surface area contributed by atoms with Crippen molar-refractivity contribution in [3.63, 3.8) is 0 Å². The van der Waals surface area contributed by atoms with E-state index < -0.39 is 27.5 Å². The van der Waals surface area contributed by atoms with Crippen LogP contribution in [-0.4, -0.2) is 43.3 Å². The van der Waals surface area contributed by atoms with Crippen LogP contribution in [0.1, 0.15) is 31.1 Å². The molecule has 0 fully saturated rings. The molecule has 0 aliphatic heterocycles. The van der Waals surface area contributed by atoms with Crippen LogP contribution in [0.2, 0.25) is 5.02 Å². The number of aliphatic carboxylic acids is 1. The van der Waals surface area contributed by atoms with Gasteiger partial charge < -0.3 is 20.3 Å². The Morgan fingerprint density at radius 2 is 1.71 bits per heavy atom. The number of aliphatic hydroxyl groups excluding tert-OH is 1. The average Bonchev–Trinajstić information content (AvgIpc) is 2.82. The van der Waals surface area contributed by atoms with Crippen LogP contribution in [-0.2, 0) is 21.1 Å². The van der Waals surface area contributed by atoms with Gasteiger partial charge in [-0.1, -0.05) is 41.9 Å². The SMILES string of the molecule is CC(C)(Oc1cccc(S(=O)(=O)c2ccc(CCNCC(O)c3cccc(Cl)c3)cc2)c1)C(=O)O. The molecule has 186 valence electrons. The van der Waals surface area contributed by atoms with Gasteiger partial charge in [0.05, 0.1) is 15.9 Å². The van der Waals surface area contributed by atoms with Crippen molar-refractivity contribution < 1.29 is 28.2 Å². The smallest absolute Gasteiger partial charge is 0.347 e. The minimum Gasteiger partial charge on any atom is -0.478 e. The Kier molecular flexibility index (Phi) is 8.56. The molecule has 0 saturated carbocycles. The van der Waals surface area contributed by atoms with E-state index in [9.17, 15) is 23.4 Å². The molecule has 0 bridgehead atoms. The molecule has 0 aliphatic carbocycles. The normalized spacial score (nSPS) is 12.8. The van der Waals surface area contributed by atoms with E-state index in [0.717, 1.165) is 11.1 Å². The van der Waals surface area contributed by atoms with Crippen molar-refractivity contribution in [2.45, 2.75) is 41.8 Å². The van der Waals surface area contributed by atoms with Crippen LogP contribution in [0, 0.1) is 0 Å². The molecule has 0 aromatic heterocycles. The van der Waals surface area contributed by atoms with E-state index in [-0.39, 0.29) is 15.5 Å². The Labute approximate surface area is 210 Å². The van der Waals surface area contributed by atoms with Gasteiger partial charge in [0.2, 0.25) is 9.84 Å². The molecular formula is C26H28ClNO6S. The van der Waals surface area contributed by atoms with E-state index in [4.69, 9.17) is 16.3 Å². The van der Waals surface area contributed by atoms with Crippen molar-refractivity contribution in [3.8, 4) is 5.75 Å². The van der Waals surface area contributed by atoms with Crippen LogP contribution in [0.15, 0.2) is 82.6 Å². The van der Waals surface area contributed by atoms with Crippen molar-refractivity contribution in [1.82, 2.24) is 5.32 Å². The molecule has 0 aliphatic rings. The third-order valence-electron chi connectivity index (χ3n) is 5.40. The van der Waals surface area contributed by atoms with Gasteiger partial charge >= 0.3 is 5.97 Å². The van der Waals surface area contributed by atoms with Gasteiger partial charge in [-0.15, -0.1) is 0 Å². The topological polar surface area (TPSA) is 113 Å². The van der Waals surface area contributed by atoms with E-state index in [0.29, 0.717) is 24.5 Å². The standard InChI is InChI=1S/C26H28ClNO6S/c1-26(2,25(30)31)34-21-7-4-8-23(16-21)35(32,33)22-11-9-18(10-12-22)13-14-28-17-24(29)19-5-3-6-20(27)15-19/h3-12,15-16,24,28-29H,13-14,17H2,1-2H3,(H,30,31). The van der Waals surface area contributed by atoms with Gasteiger partial charge in [0.1, 0.15) is 5.75 Å². The third-order valence-corrected chi connectivity index (χ3v) is 7.40. The fourth-order valence-electron chi connectivity index (χ4n) is 3.32. The first kappa shape index (κ1) is 26.7. The predicted molar refractivity (Wildman–Crippen MR) is 134 cm³/mol. The second kappa shape index (κ2) is 11.2. The molecule has 3 N–H and O–H groups in total. The lowest BCUT2D eigenvalue weighted by Gasteiger charge is -2.21. The fraction of sp³-hybridized carbons (Fsp3) is 0.269. The molecular weight excluding hydrogens is 490 g/mol. The lowest BCUT2D eigenvalue weighted by molar-refractivity contribution is -0.152. The average molecular weight is 518 g/mol. The summed E-state index contributed by atoms with van der Waals surface area (Å²) >= 11 is 5.96. The highest BCUT2D eigenvalue weighted by molar-refractivity contribution is 7.91. The van der Waals surface area contributed by atoms with Gasteiger partial charge in [-0.2, -0.15) is 0 Å². The zero-order valence-electron chi connectivity index (χ0n) is 19.4. The number of nitrogens with one attached hydrogen (secondary N) is 1. The van der Waals surface area contributed by atoms with Crippen LogP contribution < -0.4 is 10.1 Å². The maximum atomic E-state index is 13.1. The Morgan fingerprint density at radius 1 is 1.03 bits per heavy atom. The zero-order valence-corrected chi connectivity index (χ0v) is 21.0. The van der Waals surface area contributed by atoms with Crippen LogP contribution in [0.25, 0.3) is 0 Å². The first-order chi connectivity index (χ1) is 16.5. The Hall–Kier alpha value is -2.91. The zero-order chi connectivity index (χ0) is 25.6. The predicted octanol–water partition coefficient (Wildman–Crippen LogP) is 4.28. The highest BCUT2D eigenvalue weighted by Crippen LogP contribution is 2.27. The number of carboxylic acids is 1. The number of benzene rings is 3. The highest BCUT2D eigenvalue weighted by Gasteiger charge is 2.30. The number of carbonyl (C=O) groups is 1. The quantitative estimate of drug-likeness (QED) is 0.325. The molecule has 0 saturated heterocycles. The number of rotatable bonds is 11. The maximum Gasteiger partial charge on any atom is 0.347 e. The van der Waals surface area contributed by atoms with E-state index >= 15 is 0 Å². The Balaban J connectivity index is 1.60. The number of hydrogen-bond donors (Lipinski definition) is 3. The van der Waals surface area contributed by atoms with Gasteiger partial charge in [0, 0.05) is 11.6 Å². The van der Waals surface area contributed by atoms with Crippen LogP contribution in [0.5, 0.6) is 5.75 Å². The first-order valence-corrected chi connectivity index (χ1v) is 12.9. The summed E-state index contributed by atoms with van der Waals surface area (Å²) in [6.45, 7) is 3.75.